The maximum atomic E-state index is 5.47. The summed E-state index contributed by atoms with van der Waals surface area (Å²) in [6.45, 7) is 4.00. The normalized spacial score (nSPS) is 16.5. The Morgan fingerprint density at radius 2 is 2.11 bits per heavy atom. The Labute approximate surface area is 184 Å². The van der Waals surface area contributed by atoms with E-state index < -0.39 is 0 Å². The number of aliphatic imine (C=N–C) groups is 1. The van der Waals surface area contributed by atoms with E-state index in [-0.39, 0.29) is 24.0 Å². The first-order chi connectivity index (χ1) is 13.2. The highest BCUT2D eigenvalue weighted by atomic mass is 127. The molecule has 154 valence electrons. The molecule has 1 aromatic carbocycles. The number of hydrogen-bond donors (Lipinski definition) is 1. The van der Waals surface area contributed by atoms with E-state index >= 15 is 0 Å². The van der Waals surface area contributed by atoms with Gasteiger partial charge in [0.25, 0.3) is 0 Å². The Hall–Kier alpha value is -1.74. The maximum Gasteiger partial charge on any atom is 0.193 e. The minimum absolute atomic E-state index is 0. The average Bonchev–Trinajstić information content (AvgIpc) is 3.39. The summed E-state index contributed by atoms with van der Waals surface area (Å²) in [5.74, 6) is 3.27. The van der Waals surface area contributed by atoms with Crippen molar-refractivity contribution >= 4 is 29.9 Å². The largest absolute Gasteiger partial charge is 0.497 e. The van der Waals surface area contributed by atoms with E-state index in [0.717, 1.165) is 63.2 Å². The topological polar surface area (TPSA) is 59.2 Å². The number of nitrogens with zero attached hydrogens (tertiary/aromatic N) is 2. The molecule has 2 aromatic rings. The molecular formula is C21H30IN3O3. The lowest BCUT2D eigenvalue weighted by molar-refractivity contribution is 0.187. The predicted molar refractivity (Wildman–Crippen MR) is 122 cm³/mol. The standard InChI is InChI=1S/C21H29N3O3.HI/c1-24(15-17-5-7-19(25-2)8-6-17)21(23-14-18-10-13-26-16-18)22-11-9-20-4-3-12-27-20;/h3-8,12,18H,9-11,13-16H2,1-2H3,(H,22,23);1H. The molecule has 28 heavy (non-hydrogen) atoms. The van der Waals surface area contributed by atoms with E-state index in [0.29, 0.717) is 5.92 Å². The van der Waals surface area contributed by atoms with Crippen LogP contribution in [-0.4, -0.2) is 51.3 Å². The number of methoxy groups -OCH3 is 1. The molecule has 7 heteroatoms. The molecule has 1 N–H and O–H groups in total. The SMILES string of the molecule is COc1ccc(CN(C)C(=NCC2CCOC2)NCCc2ccco2)cc1.I. The third kappa shape index (κ3) is 7.01. The second-order valence-electron chi connectivity index (χ2n) is 6.85. The molecule has 3 rings (SSSR count). The highest BCUT2D eigenvalue weighted by Crippen LogP contribution is 2.14. The van der Waals surface area contributed by atoms with E-state index in [1.807, 2.05) is 24.3 Å². The summed E-state index contributed by atoms with van der Waals surface area (Å²) < 4.78 is 16.1. The van der Waals surface area contributed by atoms with Gasteiger partial charge < -0.3 is 24.1 Å². The van der Waals surface area contributed by atoms with Gasteiger partial charge in [0, 0.05) is 45.6 Å². The first kappa shape index (κ1) is 22.5. The molecule has 1 fully saturated rings. The van der Waals surface area contributed by atoms with Crippen LogP contribution < -0.4 is 10.1 Å². The van der Waals surface area contributed by atoms with Crippen LogP contribution in [0.4, 0.5) is 0 Å². The second kappa shape index (κ2) is 12.0. The van der Waals surface area contributed by atoms with E-state index in [9.17, 15) is 0 Å². The van der Waals surface area contributed by atoms with Crippen LogP contribution in [0, 0.1) is 5.92 Å². The van der Waals surface area contributed by atoms with Crippen molar-refractivity contribution in [2.45, 2.75) is 19.4 Å². The summed E-state index contributed by atoms with van der Waals surface area (Å²) >= 11 is 0. The minimum Gasteiger partial charge on any atom is -0.497 e. The minimum atomic E-state index is 0. The lowest BCUT2D eigenvalue weighted by Gasteiger charge is -2.23. The molecule has 1 aromatic heterocycles. The van der Waals surface area contributed by atoms with Crippen LogP contribution >= 0.6 is 24.0 Å². The molecule has 0 radical (unpaired) electrons. The lowest BCUT2D eigenvalue weighted by Crippen LogP contribution is -2.40. The number of benzene rings is 1. The van der Waals surface area contributed by atoms with E-state index in [2.05, 4.69) is 29.4 Å². The zero-order chi connectivity index (χ0) is 18.9. The van der Waals surface area contributed by atoms with Gasteiger partial charge in [0.05, 0.1) is 20.0 Å². The van der Waals surface area contributed by atoms with Crippen molar-refractivity contribution in [1.29, 1.82) is 0 Å². The molecule has 2 heterocycles. The molecule has 0 spiro atoms. The molecule has 0 amide bonds. The van der Waals surface area contributed by atoms with Crippen LogP contribution in [0.1, 0.15) is 17.7 Å². The number of nitrogens with one attached hydrogen (secondary N) is 1. The summed E-state index contributed by atoms with van der Waals surface area (Å²) in [6, 6.07) is 12.1. The van der Waals surface area contributed by atoms with Gasteiger partial charge in [-0.2, -0.15) is 0 Å². The van der Waals surface area contributed by atoms with Crippen LogP contribution in [0.2, 0.25) is 0 Å². The van der Waals surface area contributed by atoms with Crippen molar-refractivity contribution in [1.82, 2.24) is 10.2 Å². The fraction of sp³-hybridized carbons (Fsp3) is 0.476. The molecular weight excluding hydrogens is 469 g/mol. The van der Waals surface area contributed by atoms with Crippen molar-refractivity contribution in [3.8, 4) is 5.75 Å². The third-order valence-electron chi connectivity index (χ3n) is 4.70. The van der Waals surface area contributed by atoms with Gasteiger partial charge in [0.1, 0.15) is 11.5 Å². The summed E-state index contributed by atoms with van der Waals surface area (Å²) in [5, 5.41) is 3.47. The molecule has 1 saturated heterocycles. The van der Waals surface area contributed by atoms with Crippen molar-refractivity contribution in [2.24, 2.45) is 10.9 Å². The van der Waals surface area contributed by atoms with Crippen LogP contribution in [0.25, 0.3) is 0 Å². The Morgan fingerprint density at radius 1 is 1.29 bits per heavy atom. The molecule has 1 aliphatic rings. The van der Waals surface area contributed by atoms with Crippen molar-refractivity contribution < 1.29 is 13.9 Å². The lowest BCUT2D eigenvalue weighted by atomic mass is 10.1. The van der Waals surface area contributed by atoms with Gasteiger partial charge in [-0.25, -0.2) is 0 Å². The number of ether oxygens (including phenoxy) is 2. The van der Waals surface area contributed by atoms with Crippen molar-refractivity contribution in [3.63, 3.8) is 0 Å². The Morgan fingerprint density at radius 3 is 2.75 bits per heavy atom. The molecule has 6 nitrogen and oxygen atoms in total. The Kier molecular flexibility index (Phi) is 9.63. The van der Waals surface area contributed by atoms with Gasteiger partial charge in [-0.3, -0.25) is 4.99 Å². The highest BCUT2D eigenvalue weighted by Gasteiger charge is 2.16. The summed E-state index contributed by atoms with van der Waals surface area (Å²) in [4.78, 5) is 7.00. The monoisotopic (exact) mass is 499 g/mol. The predicted octanol–water partition coefficient (Wildman–Crippen LogP) is 3.56. The number of rotatable bonds is 8. The van der Waals surface area contributed by atoms with Gasteiger partial charge in [-0.1, -0.05) is 12.1 Å². The molecule has 1 unspecified atom stereocenters. The summed E-state index contributed by atoms with van der Waals surface area (Å²) in [5.41, 5.74) is 1.21. The quantitative estimate of drug-likeness (QED) is 0.342. The zero-order valence-corrected chi connectivity index (χ0v) is 18.9. The van der Waals surface area contributed by atoms with Crippen molar-refractivity contribution in [2.75, 3.05) is 40.5 Å². The molecule has 0 saturated carbocycles. The van der Waals surface area contributed by atoms with Crippen LogP contribution in [0.15, 0.2) is 52.1 Å². The van der Waals surface area contributed by atoms with Gasteiger partial charge in [0.2, 0.25) is 0 Å². The summed E-state index contributed by atoms with van der Waals surface area (Å²) in [6.07, 6.45) is 3.63. The fourth-order valence-corrected chi connectivity index (χ4v) is 3.09. The Bertz CT molecular complexity index is 698. The number of halogens is 1. The molecule has 0 bridgehead atoms. The smallest absolute Gasteiger partial charge is 0.193 e. The molecule has 0 aliphatic carbocycles. The third-order valence-corrected chi connectivity index (χ3v) is 4.70. The first-order valence-corrected chi connectivity index (χ1v) is 9.47. The van der Waals surface area contributed by atoms with Crippen LogP contribution in [0.5, 0.6) is 5.75 Å². The van der Waals surface area contributed by atoms with Crippen LogP contribution in [-0.2, 0) is 17.7 Å². The molecule has 1 aliphatic heterocycles. The van der Waals surface area contributed by atoms with E-state index in [4.69, 9.17) is 18.9 Å². The first-order valence-electron chi connectivity index (χ1n) is 9.47. The average molecular weight is 499 g/mol. The van der Waals surface area contributed by atoms with Gasteiger partial charge in [-0.15, -0.1) is 24.0 Å². The van der Waals surface area contributed by atoms with Crippen LogP contribution in [0.3, 0.4) is 0 Å². The number of furan rings is 1. The van der Waals surface area contributed by atoms with Gasteiger partial charge in [0.15, 0.2) is 5.96 Å². The number of guanidine groups is 1. The van der Waals surface area contributed by atoms with Gasteiger partial charge >= 0.3 is 0 Å². The summed E-state index contributed by atoms with van der Waals surface area (Å²) in [7, 11) is 3.75. The van der Waals surface area contributed by atoms with E-state index in [1.54, 1.807) is 13.4 Å². The second-order valence-corrected chi connectivity index (χ2v) is 6.85. The highest BCUT2D eigenvalue weighted by molar-refractivity contribution is 14.0. The maximum absolute atomic E-state index is 5.47. The zero-order valence-electron chi connectivity index (χ0n) is 16.6. The van der Waals surface area contributed by atoms with E-state index in [1.165, 1.54) is 5.56 Å². The van der Waals surface area contributed by atoms with Gasteiger partial charge in [-0.05, 0) is 36.2 Å². The fourth-order valence-electron chi connectivity index (χ4n) is 3.09. The number of hydrogen-bond acceptors (Lipinski definition) is 4. The molecule has 1 atom stereocenters. The van der Waals surface area contributed by atoms with Crippen molar-refractivity contribution in [3.05, 3.63) is 54.0 Å². The Balaban J connectivity index is 0.00000280.